The molecule has 3 N–H and O–H groups in total. The predicted molar refractivity (Wildman–Crippen MR) is 81.2 cm³/mol. The second-order valence-corrected chi connectivity index (χ2v) is 4.81. The molecule has 0 radical (unpaired) electrons. The molecule has 0 bridgehead atoms. The van der Waals surface area contributed by atoms with Gasteiger partial charge >= 0.3 is 0 Å². The zero-order valence-corrected chi connectivity index (χ0v) is 11.8. The summed E-state index contributed by atoms with van der Waals surface area (Å²) in [4.78, 5) is 0. The van der Waals surface area contributed by atoms with Gasteiger partial charge in [-0.2, -0.15) is 0 Å². The van der Waals surface area contributed by atoms with Gasteiger partial charge in [0, 0.05) is 5.92 Å². The largest absolute Gasteiger partial charge is 0.508 e. The highest BCUT2D eigenvalue weighted by atomic mass is 16.5. The zero-order valence-electron chi connectivity index (χ0n) is 11.8. The van der Waals surface area contributed by atoms with E-state index in [-0.39, 0.29) is 5.92 Å². The van der Waals surface area contributed by atoms with Gasteiger partial charge in [-0.05, 0) is 55.3 Å². The van der Waals surface area contributed by atoms with Crippen LogP contribution in [0.3, 0.4) is 0 Å². The van der Waals surface area contributed by atoms with Gasteiger partial charge < -0.3 is 15.6 Å². The van der Waals surface area contributed by atoms with Gasteiger partial charge in [-0.15, -0.1) is 0 Å². The third-order valence-electron chi connectivity index (χ3n) is 3.32. The molecule has 2 aromatic carbocycles. The molecule has 0 aliphatic heterocycles. The highest BCUT2D eigenvalue weighted by molar-refractivity contribution is 5.34. The standard InChI is InChI=1S/C17H21NO2/c1-2-20-17-8-4-6-14(11-17)15(12-18)9-13-5-3-7-16(19)10-13/h3-8,10-11,15,19H,2,9,12,18H2,1H3. The van der Waals surface area contributed by atoms with Gasteiger partial charge in [0.15, 0.2) is 0 Å². The smallest absolute Gasteiger partial charge is 0.119 e. The maximum atomic E-state index is 9.53. The normalized spacial score (nSPS) is 12.1. The number of aromatic hydroxyl groups is 1. The lowest BCUT2D eigenvalue weighted by Gasteiger charge is -2.16. The fraction of sp³-hybridized carbons (Fsp3) is 0.294. The van der Waals surface area contributed by atoms with Crippen molar-refractivity contribution >= 4 is 0 Å². The third-order valence-corrected chi connectivity index (χ3v) is 3.32. The molecule has 0 fully saturated rings. The molecular formula is C17H21NO2. The summed E-state index contributed by atoms with van der Waals surface area (Å²) in [6, 6.07) is 15.4. The van der Waals surface area contributed by atoms with Crippen molar-refractivity contribution in [2.75, 3.05) is 13.2 Å². The number of benzene rings is 2. The van der Waals surface area contributed by atoms with Gasteiger partial charge in [0.25, 0.3) is 0 Å². The molecule has 20 heavy (non-hydrogen) atoms. The molecule has 0 aliphatic rings. The first-order valence-corrected chi connectivity index (χ1v) is 6.93. The molecule has 0 saturated carbocycles. The molecule has 3 heteroatoms. The van der Waals surface area contributed by atoms with Gasteiger partial charge in [-0.25, -0.2) is 0 Å². The molecule has 0 amide bonds. The average molecular weight is 271 g/mol. The minimum atomic E-state index is 0.220. The Labute approximate surface area is 120 Å². The Hall–Kier alpha value is -2.00. The lowest BCUT2D eigenvalue weighted by molar-refractivity contribution is 0.339. The maximum Gasteiger partial charge on any atom is 0.119 e. The summed E-state index contributed by atoms with van der Waals surface area (Å²) in [6.45, 7) is 3.19. The molecule has 0 saturated heterocycles. The number of nitrogens with two attached hydrogens (primary N) is 1. The van der Waals surface area contributed by atoms with Crippen molar-refractivity contribution in [3.63, 3.8) is 0 Å². The Morgan fingerprint density at radius 2 is 1.95 bits per heavy atom. The van der Waals surface area contributed by atoms with Gasteiger partial charge in [-0.3, -0.25) is 0 Å². The topological polar surface area (TPSA) is 55.5 Å². The van der Waals surface area contributed by atoms with E-state index in [1.165, 1.54) is 5.56 Å². The number of ether oxygens (including phenoxy) is 1. The number of rotatable bonds is 6. The Kier molecular flexibility index (Phi) is 5.02. The quantitative estimate of drug-likeness (QED) is 0.849. The Bertz CT molecular complexity index is 554. The van der Waals surface area contributed by atoms with E-state index < -0.39 is 0 Å². The average Bonchev–Trinajstić information content (AvgIpc) is 2.45. The van der Waals surface area contributed by atoms with E-state index in [2.05, 4.69) is 6.07 Å². The molecule has 106 valence electrons. The molecule has 0 aromatic heterocycles. The molecular weight excluding hydrogens is 250 g/mol. The maximum absolute atomic E-state index is 9.53. The highest BCUT2D eigenvalue weighted by Crippen LogP contribution is 2.25. The minimum Gasteiger partial charge on any atom is -0.508 e. The van der Waals surface area contributed by atoms with E-state index in [0.717, 1.165) is 17.7 Å². The minimum absolute atomic E-state index is 0.220. The molecule has 1 unspecified atom stereocenters. The molecule has 0 spiro atoms. The number of phenolic OH excluding ortho intramolecular Hbond substituents is 1. The van der Waals surface area contributed by atoms with Crippen molar-refractivity contribution in [3.05, 3.63) is 59.7 Å². The summed E-state index contributed by atoms with van der Waals surface area (Å²) in [6.07, 6.45) is 0.806. The highest BCUT2D eigenvalue weighted by Gasteiger charge is 2.12. The van der Waals surface area contributed by atoms with Gasteiger partial charge in [0.2, 0.25) is 0 Å². The van der Waals surface area contributed by atoms with E-state index in [0.29, 0.717) is 18.9 Å². The van der Waals surface area contributed by atoms with Crippen LogP contribution in [-0.4, -0.2) is 18.3 Å². The Morgan fingerprint density at radius 3 is 2.65 bits per heavy atom. The lowest BCUT2D eigenvalue weighted by atomic mass is 9.92. The van der Waals surface area contributed by atoms with Crippen LogP contribution in [0.4, 0.5) is 0 Å². The van der Waals surface area contributed by atoms with Crippen LogP contribution in [0.2, 0.25) is 0 Å². The van der Waals surface area contributed by atoms with Crippen molar-refractivity contribution in [3.8, 4) is 11.5 Å². The van der Waals surface area contributed by atoms with E-state index in [9.17, 15) is 5.11 Å². The first-order valence-electron chi connectivity index (χ1n) is 6.93. The summed E-state index contributed by atoms with van der Waals surface area (Å²) in [7, 11) is 0. The van der Waals surface area contributed by atoms with Crippen LogP contribution in [0, 0.1) is 0 Å². The van der Waals surface area contributed by atoms with Crippen LogP contribution in [0.5, 0.6) is 11.5 Å². The summed E-state index contributed by atoms with van der Waals surface area (Å²) in [5, 5.41) is 9.53. The van der Waals surface area contributed by atoms with Crippen LogP contribution in [0.15, 0.2) is 48.5 Å². The van der Waals surface area contributed by atoms with Crippen molar-refractivity contribution in [1.29, 1.82) is 0 Å². The molecule has 1 atom stereocenters. The summed E-state index contributed by atoms with van der Waals surface area (Å²) in [5.74, 6) is 1.39. The fourth-order valence-corrected chi connectivity index (χ4v) is 2.33. The van der Waals surface area contributed by atoms with Crippen LogP contribution in [-0.2, 0) is 6.42 Å². The zero-order chi connectivity index (χ0) is 14.4. The number of hydrogen-bond donors (Lipinski definition) is 2. The number of phenols is 1. The van der Waals surface area contributed by atoms with Crippen molar-refractivity contribution in [2.45, 2.75) is 19.3 Å². The first-order chi connectivity index (χ1) is 9.72. The van der Waals surface area contributed by atoms with E-state index in [4.69, 9.17) is 10.5 Å². The summed E-state index contributed by atoms with van der Waals surface area (Å²) < 4.78 is 5.53. The monoisotopic (exact) mass is 271 g/mol. The van der Waals surface area contributed by atoms with Gasteiger partial charge in [-0.1, -0.05) is 24.3 Å². The SMILES string of the molecule is CCOc1cccc(C(CN)Cc2cccc(O)c2)c1. The lowest BCUT2D eigenvalue weighted by Crippen LogP contribution is -2.15. The molecule has 2 aromatic rings. The number of hydrogen-bond acceptors (Lipinski definition) is 3. The van der Waals surface area contributed by atoms with E-state index in [1.54, 1.807) is 12.1 Å². The molecule has 3 nitrogen and oxygen atoms in total. The van der Waals surface area contributed by atoms with Crippen LogP contribution < -0.4 is 10.5 Å². The van der Waals surface area contributed by atoms with Gasteiger partial charge in [0.1, 0.15) is 11.5 Å². The Morgan fingerprint density at radius 1 is 1.15 bits per heavy atom. The van der Waals surface area contributed by atoms with E-state index in [1.807, 2.05) is 37.3 Å². The van der Waals surface area contributed by atoms with Gasteiger partial charge in [0.05, 0.1) is 6.61 Å². The Balaban J connectivity index is 2.17. The summed E-state index contributed by atoms with van der Waals surface area (Å²) >= 11 is 0. The van der Waals surface area contributed by atoms with Crippen LogP contribution in [0.25, 0.3) is 0 Å². The van der Waals surface area contributed by atoms with Crippen molar-refractivity contribution in [1.82, 2.24) is 0 Å². The molecule has 2 rings (SSSR count). The second-order valence-electron chi connectivity index (χ2n) is 4.81. The van der Waals surface area contributed by atoms with Crippen LogP contribution >= 0.6 is 0 Å². The van der Waals surface area contributed by atoms with E-state index >= 15 is 0 Å². The summed E-state index contributed by atoms with van der Waals surface area (Å²) in [5.41, 5.74) is 8.17. The van der Waals surface area contributed by atoms with Crippen LogP contribution in [0.1, 0.15) is 24.0 Å². The first kappa shape index (κ1) is 14.4. The van der Waals surface area contributed by atoms with Crippen molar-refractivity contribution in [2.24, 2.45) is 5.73 Å². The second kappa shape index (κ2) is 6.96. The third kappa shape index (κ3) is 3.75. The fourth-order valence-electron chi connectivity index (χ4n) is 2.33. The predicted octanol–water partition coefficient (Wildman–Crippen LogP) is 3.08. The van der Waals surface area contributed by atoms with Crippen molar-refractivity contribution < 1.29 is 9.84 Å². The molecule has 0 heterocycles. The molecule has 0 aliphatic carbocycles.